The van der Waals surface area contributed by atoms with Crippen molar-refractivity contribution < 1.29 is 4.79 Å². The summed E-state index contributed by atoms with van der Waals surface area (Å²) in [6, 6.07) is 8.49. The molecule has 1 unspecified atom stereocenters. The van der Waals surface area contributed by atoms with Crippen LogP contribution in [0.15, 0.2) is 24.3 Å². The highest BCUT2D eigenvalue weighted by Gasteiger charge is 2.12. The number of hydrogen-bond donors (Lipinski definition) is 2. The molecule has 3 N–H and O–H groups in total. The van der Waals surface area contributed by atoms with Crippen molar-refractivity contribution in [3.63, 3.8) is 0 Å². The summed E-state index contributed by atoms with van der Waals surface area (Å²) in [5.41, 5.74) is 8.22. The van der Waals surface area contributed by atoms with Crippen LogP contribution in [0.4, 0.5) is 0 Å². The summed E-state index contributed by atoms with van der Waals surface area (Å²) in [6.45, 7) is 9.08. The zero-order chi connectivity index (χ0) is 14.5. The Kier molecular flexibility index (Phi) is 7.84. The van der Waals surface area contributed by atoms with Gasteiger partial charge in [0.15, 0.2) is 0 Å². The smallest absolute Gasteiger partial charge is 0.220 e. The van der Waals surface area contributed by atoms with Crippen molar-refractivity contribution in [1.82, 2.24) is 5.32 Å². The first kappa shape index (κ1) is 18.9. The van der Waals surface area contributed by atoms with Gasteiger partial charge in [0.25, 0.3) is 0 Å². The molecular formula is C16H27ClN2O. The zero-order valence-corrected chi connectivity index (χ0v) is 13.7. The maximum Gasteiger partial charge on any atom is 0.220 e. The molecule has 0 fully saturated rings. The van der Waals surface area contributed by atoms with Crippen LogP contribution in [0.1, 0.15) is 51.7 Å². The first-order valence-electron chi connectivity index (χ1n) is 6.91. The number of hydrogen-bond acceptors (Lipinski definition) is 2. The standard InChI is InChI=1S/C16H26N2O.ClH/c1-12(17)5-10-15(19)18-11-13-6-8-14(9-7-13)16(2,3)4;/h6-9,12H,5,10-11,17H2,1-4H3,(H,18,19);1H. The van der Waals surface area contributed by atoms with Crippen molar-refractivity contribution >= 4 is 18.3 Å². The Balaban J connectivity index is 0.00000361. The van der Waals surface area contributed by atoms with E-state index in [1.54, 1.807) is 0 Å². The van der Waals surface area contributed by atoms with Crippen molar-refractivity contribution in [2.45, 2.75) is 58.5 Å². The van der Waals surface area contributed by atoms with E-state index in [-0.39, 0.29) is 29.8 Å². The molecule has 0 aliphatic rings. The van der Waals surface area contributed by atoms with Crippen molar-refractivity contribution in [2.75, 3.05) is 0 Å². The highest BCUT2D eigenvalue weighted by Crippen LogP contribution is 2.22. The second-order valence-corrected chi connectivity index (χ2v) is 6.24. The van der Waals surface area contributed by atoms with Crippen LogP contribution >= 0.6 is 12.4 Å². The highest BCUT2D eigenvalue weighted by atomic mass is 35.5. The summed E-state index contributed by atoms with van der Waals surface area (Å²) in [5, 5.41) is 2.92. The average Bonchev–Trinajstić information content (AvgIpc) is 2.33. The molecule has 0 aliphatic heterocycles. The van der Waals surface area contributed by atoms with E-state index in [4.69, 9.17) is 5.73 Å². The van der Waals surface area contributed by atoms with Crippen LogP contribution in [-0.4, -0.2) is 11.9 Å². The fraction of sp³-hybridized carbons (Fsp3) is 0.562. The van der Waals surface area contributed by atoms with Gasteiger partial charge in [-0.3, -0.25) is 4.79 Å². The maximum atomic E-state index is 11.6. The van der Waals surface area contributed by atoms with Gasteiger partial charge in [-0.25, -0.2) is 0 Å². The quantitative estimate of drug-likeness (QED) is 0.877. The predicted octanol–water partition coefficient (Wildman–Crippen LogP) is 3.15. The van der Waals surface area contributed by atoms with Crippen molar-refractivity contribution in [3.8, 4) is 0 Å². The van der Waals surface area contributed by atoms with Gasteiger partial charge in [-0.15, -0.1) is 12.4 Å². The Hall–Kier alpha value is -1.06. The predicted molar refractivity (Wildman–Crippen MR) is 87.1 cm³/mol. The molecule has 0 saturated carbocycles. The number of carbonyl (C=O) groups is 1. The Bertz CT molecular complexity index is 407. The molecule has 0 aromatic heterocycles. The van der Waals surface area contributed by atoms with Gasteiger partial charge in [0.1, 0.15) is 0 Å². The lowest BCUT2D eigenvalue weighted by atomic mass is 9.87. The number of carbonyl (C=O) groups excluding carboxylic acids is 1. The van der Waals surface area contributed by atoms with Gasteiger partial charge in [0.2, 0.25) is 5.91 Å². The average molecular weight is 299 g/mol. The summed E-state index contributed by atoms with van der Waals surface area (Å²) in [7, 11) is 0. The molecule has 1 aromatic rings. The number of nitrogens with two attached hydrogens (primary N) is 1. The van der Waals surface area contributed by atoms with Gasteiger partial charge in [0.05, 0.1) is 0 Å². The molecule has 0 bridgehead atoms. The van der Waals surface area contributed by atoms with Crippen LogP contribution in [-0.2, 0) is 16.8 Å². The van der Waals surface area contributed by atoms with E-state index < -0.39 is 0 Å². The Morgan fingerprint density at radius 2 is 1.80 bits per heavy atom. The lowest BCUT2D eigenvalue weighted by Gasteiger charge is -2.19. The van der Waals surface area contributed by atoms with E-state index in [0.29, 0.717) is 13.0 Å². The SMILES string of the molecule is CC(N)CCC(=O)NCc1ccc(C(C)(C)C)cc1.Cl. The molecule has 4 heteroatoms. The van der Waals surface area contributed by atoms with Crippen LogP contribution in [0.5, 0.6) is 0 Å². The van der Waals surface area contributed by atoms with E-state index in [2.05, 4.69) is 50.4 Å². The maximum absolute atomic E-state index is 11.6. The first-order valence-corrected chi connectivity index (χ1v) is 6.91. The molecule has 114 valence electrons. The molecule has 1 rings (SSSR count). The molecule has 0 spiro atoms. The molecule has 20 heavy (non-hydrogen) atoms. The number of nitrogens with one attached hydrogen (secondary N) is 1. The Morgan fingerprint density at radius 1 is 1.25 bits per heavy atom. The normalized spacial score (nSPS) is 12.4. The van der Waals surface area contributed by atoms with E-state index in [0.717, 1.165) is 12.0 Å². The number of amides is 1. The highest BCUT2D eigenvalue weighted by molar-refractivity contribution is 5.85. The van der Waals surface area contributed by atoms with Gasteiger partial charge < -0.3 is 11.1 Å². The largest absolute Gasteiger partial charge is 0.352 e. The van der Waals surface area contributed by atoms with E-state index in [9.17, 15) is 4.79 Å². The summed E-state index contributed by atoms with van der Waals surface area (Å²) >= 11 is 0. The lowest BCUT2D eigenvalue weighted by molar-refractivity contribution is -0.121. The Morgan fingerprint density at radius 3 is 2.25 bits per heavy atom. The molecule has 3 nitrogen and oxygen atoms in total. The second kappa shape index (κ2) is 8.28. The molecule has 1 atom stereocenters. The van der Waals surface area contributed by atoms with Crippen LogP contribution < -0.4 is 11.1 Å². The van der Waals surface area contributed by atoms with Crippen LogP contribution in [0.3, 0.4) is 0 Å². The van der Waals surface area contributed by atoms with Gasteiger partial charge in [-0.2, -0.15) is 0 Å². The van der Waals surface area contributed by atoms with E-state index in [1.807, 2.05) is 6.92 Å². The third-order valence-electron chi connectivity index (χ3n) is 3.14. The third-order valence-corrected chi connectivity index (χ3v) is 3.14. The minimum atomic E-state index is 0. The van der Waals surface area contributed by atoms with E-state index >= 15 is 0 Å². The molecule has 0 aliphatic carbocycles. The zero-order valence-electron chi connectivity index (χ0n) is 12.9. The molecule has 0 radical (unpaired) electrons. The summed E-state index contributed by atoms with van der Waals surface area (Å²) in [5.74, 6) is 0.0668. The molecule has 0 saturated heterocycles. The van der Waals surface area contributed by atoms with Crippen LogP contribution in [0.2, 0.25) is 0 Å². The van der Waals surface area contributed by atoms with Gasteiger partial charge >= 0.3 is 0 Å². The number of rotatable bonds is 5. The fourth-order valence-corrected chi connectivity index (χ4v) is 1.77. The molecule has 1 amide bonds. The lowest BCUT2D eigenvalue weighted by Crippen LogP contribution is -2.25. The van der Waals surface area contributed by atoms with Crippen molar-refractivity contribution in [2.24, 2.45) is 5.73 Å². The topological polar surface area (TPSA) is 55.1 Å². The molecule has 1 aromatic carbocycles. The first-order chi connectivity index (χ1) is 8.79. The fourth-order valence-electron chi connectivity index (χ4n) is 1.77. The van der Waals surface area contributed by atoms with Crippen molar-refractivity contribution in [1.29, 1.82) is 0 Å². The third kappa shape index (κ3) is 6.92. The second-order valence-electron chi connectivity index (χ2n) is 6.24. The van der Waals surface area contributed by atoms with Gasteiger partial charge in [-0.05, 0) is 29.9 Å². The summed E-state index contributed by atoms with van der Waals surface area (Å²) in [4.78, 5) is 11.6. The minimum Gasteiger partial charge on any atom is -0.352 e. The van der Waals surface area contributed by atoms with Crippen LogP contribution in [0, 0.1) is 0 Å². The van der Waals surface area contributed by atoms with E-state index in [1.165, 1.54) is 5.56 Å². The number of halogens is 1. The van der Waals surface area contributed by atoms with Crippen LogP contribution in [0.25, 0.3) is 0 Å². The molecule has 0 heterocycles. The van der Waals surface area contributed by atoms with Gasteiger partial charge in [0, 0.05) is 19.0 Å². The Labute approximate surface area is 128 Å². The summed E-state index contributed by atoms with van der Waals surface area (Å²) < 4.78 is 0. The number of benzene rings is 1. The summed E-state index contributed by atoms with van der Waals surface area (Å²) in [6.07, 6.45) is 1.23. The van der Waals surface area contributed by atoms with Crippen molar-refractivity contribution in [3.05, 3.63) is 35.4 Å². The molecular weight excluding hydrogens is 272 g/mol. The minimum absolute atomic E-state index is 0. The monoisotopic (exact) mass is 298 g/mol. The van der Waals surface area contributed by atoms with Gasteiger partial charge in [-0.1, -0.05) is 45.0 Å².